The number of hydrogen-bond acceptors (Lipinski definition) is 2. The second-order valence-corrected chi connectivity index (χ2v) is 7.60. The lowest BCUT2D eigenvalue weighted by atomic mass is 10.1. The molecule has 5 rings (SSSR count). The first-order valence-corrected chi connectivity index (χ1v) is 9.70. The third-order valence-corrected chi connectivity index (χ3v) is 5.50. The van der Waals surface area contributed by atoms with Crippen molar-refractivity contribution in [3.8, 4) is 11.3 Å². The highest BCUT2D eigenvalue weighted by Gasteiger charge is 2.44. The van der Waals surface area contributed by atoms with E-state index >= 15 is 0 Å². The van der Waals surface area contributed by atoms with E-state index in [2.05, 4.69) is 17.4 Å². The highest BCUT2D eigenvalue weighted by molar-refractivity contribution is 5.98. The van der Waals surface area contributed by atoms with Gasteiger partial charge in [-0.05, 0) is 66.8 Å². The maximum absolute atomic E-state index is 13.4. The lowest BCUT2D eigenvalue weighted by molar-refractivity contribution is -0.117. The molecule has 1 amide bonds. The smallest absolute Gasteiger partial charge is 0.229 e. The van der Waals surface area contributed by atoms with Gasteiger partial charge in [0.25, 0.3) is 0 Å². The fourth-order valence-corrected chi connectivity index (χ4v) is 3.84. The molecule has 1 aliphatic carbocycles. The van der Waals surface area contributed by atoms with E-state index in [1.165, 1.54) is 17.7 Å². The molecular formula is C24H20FN3O. The summed E-state index contributed by atoms with van der Waals surface area (Å²) in [5.74, 6) is 0.518. The fraction of sp³-hybridized carbons (Fsp3) is 0.167. The lowest BCUT2D eigenvalue weighted by Crippen LogP contribution is -2.16. The van der Waals surface area contributed by atoms with Crippen molar-refractivity contribution in [2.24, 2.45) is 5.92 Å². The van der Waals surface area contributed by atoms with E-state index in [1.807, 2.05) is 47.9 Å². The molecule has 2 atom stereocenters. The van der Waals surface area contributed by atoms with E-state index in [-0.39, 0.29) is 23.6 Å². The summed E-state index contributed by atoms with van der Waals surface area (Å²) < 4.78 is 15.3. The van der Waals surface area contributed by atoms with Gasteiger partial charge in [-0.2, -0.15) is 0 Å². The van der Waals surface area contributed by atoms with Crippen LogP contribution in [-0.2, 0) is 4.79 Å². The van der Waals surface area contributed by atoms with Gasteiger partial charge >= 0.3 is 0 Å². The fourth-order valence-electron chi connectivity index (χ4n) is 3.84. The molecule has 2 aromatic carbocycles. The molecule has 0 spiro atoms. The number of imidazole rings is 1. The highest BCUT2D eigenvalue weighted by Crippen LogP contribution is 2.48. The van der Waals surface area contributed by atoms with Crippen LogP contribution < -0.4 is 5.32 Å². The molecule has 0 aliphatic heterocycles. The molecule has 1 aliphatic rings. The Morgan fingerprint density at radius 3 is 2.62 bits per heavy atom. The standard InChI is InChI=1S/C24H20FN3O/c1-15-11-12-28-21(13-15)26-22(17-7-9-18(25)10-8-17)23(28)27-24(29)20-14-19(20)16-5-3-2-4-6-16/h2-13,19-20H,14H2,1H3,(H,27,29)/t19-,20?/m0/s1. The molecule has 4 nitrogen and oxygen atoms in total. The quantitative estimate of drug-likeness (QED) is 0.525. The van der Waals surface area contributed by atoms with Crippen LogP contribution >= 0.6 is 0 Å². The van der Waals surface area contributed by atoms with Gasteiger partial charge in [0.05, 0.1) is 0 Å². The molecule has 2 heterocycles. The minimum atomic E-state index is -0.303. The van der Waals surface area contributed by atoms with Gasteiger partial charge in [-0.25, -0.2) is 9.37 Å². The molecule has 0 saturated heterocycles. The van der Waals surface area contributed by atoms with Gasteiger partial charge < -0.3 is 5.32 Å². The Labute approximate surface area is 168 Å². The van der Waals surface area contributed by atoms with Crippen molar-refractivity contribution >= 4 is 17.4 Å². The van der Waals surface area contributed by atoms with Crippen LogP contribution in [0.4, 0.5) is 10.2 Å². The molecule has 1 unspecified atom stereocenters. The van der Waals surface area contributed by atoms with Crippen LogP contribution in [0.3, 0.4) is 0 Å². The van der Waals surface area contributed by atoms with Crippen molar-refractivity contribution < 1.29 is 9.18 Å². The Morgan fingerprint density at radius 1 is 1.10 bits per heavy atom. The number of amides is 1. The van der Waals surface area contributed by atoms with Crippen molar-refractivity contribution in [1.29, 1.82) is 0 Å². The Hall–Kier alpha value is -3.47. The van der Waals surface area contributed by atoms with Crippen molar-refractivity contribution in [3.05, 3.63) is 89.9 Å². The molecule has 2 aromatic heterocycles. The van der Waals surface area contributed by atoms with Crippen LogP contribution in [-0.4, -0.2) is 15.3 Å². The number of anilines is 1. The van der Waals surface area contributed by atoms with Crippen LogP contribution in [0.25, 0.3) is 16.9 Å². The predicted octanol–water partition coefficient (Wildman–Crippen LogP) is 5.19. The molecular weight excluding hydrogens is 365 g/mol. The minimum Gasteiger partial charge on any atom is -0.310 e. The number of nitrogens with zero attached hydrogens (tertiary/aromatic N) is 2. The number of aromatic nitrogens is 2. The number of benzene rings is 2. The maximum atomic E-state index is 13.4. The number of halogens is 1. The summed E-state index contributed by atoms with van der Waals surface area (Å²) in [6.45, 7) is 2.00. The third-order valence-electron chi connectivity index (χ3n) is 5.50. The third kappa shape index (κ3) is 3.29. The molecule has 144 valence electrons. The zero-order valence-electron chi connectivity index (χ0n) is 16.0. The lowest BCUT2D eigenvalue weighted by Gasteiger charge is -2.08. The van der Waals surface area contributed by atoms with Crippen molar-refractivity contribution in [1.82, 2.24) is 9.38 Å². The number of nitrogens with one attached hydrogen (secondary N) is 1. The average molecular weight is 385 g/mol. The first-order valence-electron chi connectivity index (χ1n) is 9.70. The van der Waals surface area contributed by atoms with Gasteiger partial charge in [-0.1, -0.05) is 30.3 Å². The van der Waals surface area contributed by atoms with Crippen LogP contribution in [0, 0.1) is 18.7 Å². The van der Waals surface area contributed by atoms with Crippen LogP contribution in [0.1, 0.15) is 23.5 Å². The van der Waals surface area contributed by atoms with Crippen LogP contribution in [0.5, 0.6) is 0 Å². The summed E-state index contributed by atoms with van der Waals surface area (Å²) >= 11 is 0. The molecule has 0 bridgehead atoms. The summed E-state index contributed by atoms with van der Waals surface area (Å²) in [6, 6.07) is 20.2. The van der Waals surface area contributed by atoms with E-state index in [0.717, 1.165) is 23.2 Å². The van der Waals surface area contributed by atoms with E-state index < -0.39 is 0 Å². The topological polar surface area (TPSA) is 46.4 Å². The second kappa shape index (κ2) is 6.85. The minimum absolute atomic E-state index is 0.00964. The molecule has 29 heavy (non-hydrogen) atoms. The normalized spacial score (nSPS) is 18.0. The van der Waals surface area contributed by atoms with Crippen LogP contribution in [0.15, 0.2) is 72.9 Å². The molecule has 1 fully saturated rings. The van der Waals surface area contributed by atoms with Gasteiger partial charge in [-0.15, -0.1) is 0 Å². The summed E-state index contributed by atoms with van der Waals surface area (Å²) in [7, 11) is 0. The van der Waals surface area contributed by atoms with Crippen molar-refractivity contribution in [2.45, 2.75) is 19.3 Å². The van der Waals surface area contributed by atoms with Gasteiger partial charge in [0.2, 0.25) is 5.91 Å². The maximum Gasteiger partial charge on any atom is 0.229 e. The van der Waals surface area contributed by atoms with Gasteiger partial charge in [0.15, 0.2) is 0 Å². The number of hydrogen-bond donors (Lipinski definition) is 1. The number of carbonyl (C=O) groups is 1. The number of carbonyl (C=O) groups excluding carboxylic acids is 1. The van der Waals surface area contributed by atoms with Gasteiger partial charge in [-0.3, -0.25) is 9.20 Å². The molecule has 1 saturated carbocycles. The van der Waals surface area contributed by atoms with E-state index in [1.54, 1.807) is 12.1 Å². The monoisotopic (exact) mass is 385 g/mol. The Bertz CT molecular complexity index is 1200. The number of aryl methyl sites for hydroxylation is 1. The van der Waals surface area contributed by atoms with Crippen molar-refractivity contribution in [2.75, 3.05) is 5.32 Å². The summed E-state index contributed by atoms with van der Waals surface area (Å²) in [6.07, 6.45) is 2.75. The summed E-state index contributed by atoms with van der Waals surface area (Å²) in [5, 5.41) is 3.10. The number of rotatable bonds is 4. The first kappa shape index (κ1) is 17.6. The van der Waals surface area contributed by atoms with E-state index in [9.17, 15) is 9.18 Å². The predicted molar refractivity (Wildman–Crippen MR) is 111 cm³/mol. The molecule has 1 N–H and O–H groups in total. The summed E-state index contributed by atoms with van der Waals surface area (Å²) in [5.41, 5.74) is 4.42. The van der Waals surface area contributed by atoms with E-state index in [0.29, 0.717) is 11.5 Å². The van der Waals surface area contributed by atoms with E-state index in [4.69, 9.17) is 4.98 Å². The van der Waals surface area contributed by atoms with Crippen LogP contribution in [0.2, 0.25) is 0 Å². The number of pyridine rings is 1. The molecule has 5 heteroatoms. The Morgan fingerprint density at radius 2 is 1.86 bits per heavy atom. The first-order chi connectivity index (χ1) is 14.1. The largest absolute Gasteiger partial charge is 0.310 e. The highest BCUT2D eigenvalue weighted by atomic mass is 19.1. The molecule has 0 radical (unpaired) electrons. The second-order valence-electron chi connectivity index (χ2n) is 7.60. The van der Waals surface area contributed by atoms with Gasteiger partial charge in [0, 0.05) is 17.7 Å². The zero-order chi connectivity index (χ0) is 20.0. The van der Waals surface area contributed by atoms with Crippen molar-refractivity contribution in [3.63, 3.8) is 0 Å². The zero-order valence-corrected chi connectivity index (χ0v) is 16.0. The Balaban J connectivity index is 1.49. The van der Waals surface area contributed by atoms with Gasteiger partial charge in [0.1, 0.15) is 23.0 Å². The molecule has 4 aromatic rings. The summed E-state index contributed by atoms with van der Waals surface area (Å²) in [4.78, 5) is 17.7. The average Bonchev–Trinajstić information content (AvgIpc) is 3.47. The number of fused-ring (bicyclic) bond motifs is 1. The SMILES string of the molecule is Cc1ccn2c(NC(=O)C3C[C@H]3c3ccccc3)c(-c3ccc(F)cc3)nc2c1. The Kier molecular flexibility index (Phi) is 4.16.